The van der Waals surface area contributed by atoms with Crippen molar-refractivity contribution in [2.24, 2.45) is 0 Å². The smallest absolute Gasteiger partial charge is 0.273 e. The van der Waals surface area contributed by atoms with Crippen molar-refractivity contribution in [1.82, 2.24) is 10.4 Å². The lowest BCUT2D eigenvalue weighted by Gasteiger charge is -2.35. The maximum atomic E-state index is 12.8. The van der Waals surface area contributed by atoms with Gasteiger partial charge in [0.2, 0.25) is 0 Å². The summed E-state index contributed by atoms with van der Waals surface area (Å²) in [5, 5.41) is 1.34. The van der Waals surface area contributed by atoms with Gasteiger partial charge in [-0.05, 0) is 45.0 Å². The zero-order valence-electron chi connectivity index (χ0n) is 14.4. The Morgan fingerprint density at radius 3 is 2.12 bits per heavy atom. The fourth-order valence-electron chi connectivity index (χ4n) is 2.23. The molecular weight excluding hydrogens is 304 g/mol. The number of rotatable bonds is 3. The Hall–Kier alpha value is -2.82. The van der Waals surface area contributed by atoms with Crippen LogP contribution in [0.5, 0.6) is 5.75 Å². The second kappa shape index (κ2) is 7.17. The number of ether oxygens (including phenoxy) is 1. The molecule has 1 N–H and O–H groups in total. The molecule has 0 unspecified atom stereocenters. The molecule has 24 heavy (non-hydrogen) atoms. The van der Waals surface area contributed by atoms with E-state index in [1.165, 1.54) is 12.1 Å². The topological polar surface area (TPSA) is 58.6 Å². The number of nitrogens with one attached hydrogen (secondary N) is 1. The Morgan fingerprint density at radius 1 is 0.958 bits per heavy atom. The summed E-state index contributed by atoms with van der Waals surface area (Å²) in [5.41, 5.74) is 3.00. The van der Waals surface area contributed by atoms with Gasteiger partial charge in [-0.15, -0.1) is 0 Å². The van der Waals surface area contributed by atoms with Gasteiger partial charge in [0, 0.05) is 5.56 Å². The standard InChI is InChI=1S/C19H22N2O3/c1-19(2,3)21(18(23)14-10-6-5-7-11-14)20-17(22)15-12-8-9-13-16(15)24-4/h5-13H,1-4H3,(H,20,22). The first-order chi connectivity index (χ1) is 11.3. The third kappa shape index (κ3) is 3.93. The highest BCUT2D eigenvalue weighted by Gasteiger charge is 2.30. The van der Waals surface area contributed by atoms with Gasteiger partial charge in [-0.2, -0.15) is 0 Å². The maximum absolute atomic E-state index is 12.8. The minimum atomic E-state index is -0.593. The van der Waals surface area contributed by atoms with Gasteiger partial charge in [0.15, 0.2) is 0 Å². The van der Waals surface area contributed by atoms with Crippen molar-refractivity contribution in [2.75, 3.05) is 7.11 Å². The van der Waals surface area contributed by atoms with Crippen LogP contribution in [0.15, 0.2) is 54.6 Å². The summed E-state index contributed by atoms with van der Waals surface area (Å²) in [5.74, 6) is -0.214. The summed E-state index contributed by atoms with van der Waals surface area (Å²) < 4.78 is 5.21. The Bertz CT molecular complexity index is 721. The second-order valence-corrected chi connectivity index (χ2v) is 6.32. The highest BCUT2D eigenvalue weighted by atomic mass is 16.5. The third-order valence-electron chi connectivity index (χ3n) is 3.46. The van der Waals surface area contributed by atoms with E-state index in [0.29, 0.717) is 16.9 Å². The van der Waals surface area contributed by atoms with Crippen LogP contribution in [0.2, 0.25) is 0 Å². The number of hydrogen-bond donors (Lipinski definition) is 1. The number of carbonyl (C=O) groups is 2. The molecule has 0 bridgehead atoms. The fraction of sp³-hybridized carbons (Fsp3) is 0.263. The average Bonchev–Trinajstić information content (AvgIpc) is 2.58. The van der Waals surface area contributed by atoms with Gasteiger partial charge in [-0.25, -0.2) is 5.01 Å². The summed E-state index contributed by atoms with van der Waals surface area (Å²) in [6.07, 6.45) is 0. The van der Waals surface area contributed by atoms with Crippen LogP contribution < -0.4 is 10.2 Å². The summed E-state index contributed by atoms with van der Waals surface area (Å²) in [7, 11) is 1.50. The monoisotopic (exact) mass is 326 g/mol. The van der Waals surface area contributed by atoms with E-state index in [0.717, 1.165) is 0 Å². The Morgan fingerprint density at radius 2 is 1.54 bits per heavy atom. The molecule has 0 aliphatic rings. The number of benzene rings is 2. The molecule has 0 atom stereocenters. The zero-order chi connectivity index (χ0) is 17.7. The van der Waals surface area contributed by atoms with Crippen LogP contribution in [0.25, 0.3) is 0 Å². The second-order valence-electron chi connectivity index (χ2n) is 6.32. The molecule has 0 aliphatic heterocycles. The molecule has 2 aromatic rings. The predicted molar refractivity (Wildman–Crippen MR) is 92.8 cm³/mol. The van der Waals surface area contributed by atoms with Crippen molar-refractivity contribution in [3.63, 3.8) is 0 Å². The summed E-state index contributed by atoms with van der Waals surface area (Å²) >= 11 is 0. The van der Waals surface area contributed by atoms with E-state index in [4.69, 9.17) is 4.74 Å². The number of nitrogens with zero attached hydrogens (tertiary/aromatic N) is 1. The molecule has 0 heterocycles. The van der Waals surface area contributed by atoms with Crippen LogP contribution in [-0.4, -0.2) is 29.5 Å². The van der Waals surface area contributed by atoms with Crippen molar-refractivity contribution >= 4 is 11.8 Å². The normalized spacial score (nSPS) is 10.8. The van der Waals surface area contributed by atoms with E-state index < -0.39 is 11.4 Å². The van der Waals surface area contributed by atoms with Crippen LogP contribution in [0, 0.1) is 0 Å². The molecule has 2 rings (SSSR count). The first kappa shape index (κ1) is 17.5. The van der Waals surface area contributed by atoms with E-state index in [9.17, 15) is 9.59 Å². The molecule has 0 fully saturated rings. The highest BCUT2D eigenvalue weighted by molar-refractivity contribution is 6.00. The van der Waals surface area contributed by atoms with Gasteiger partial charge in [0.25, 0.3) is 11.8 Å². The number of methoxy groups -OCH3 is 1. The molecule has 2 aromatic carbocycles. The lowest BCUT2D eigenvalue weighted by Crippen LogP contribution is -2.55. The molecule has 5 nitrogen and oxygen atoms in total. The van der Waals surface area contributed by atoms with Crippen molar-refractivity contribution < 1.29 is 14.3 Å². The summed E-state index contributed by atoms with van der Waals surface area (Å²) in [4.78, 5) is 25.4. The lowest BCUT2D eigenvalue weighted by molar-refractivity contribution is 0.0357. The largest absolute Gasteiger partial charge is 0.496 e. The molecular formula is C19H22N2O3. The summed E-state index contributed by atoms with van der Waals surface area (Å²) in [6, 6.07) is 15.7. The predicted octanol–water partition coefficient (Wildman–Crippen LogP) is 3.28. The minimum Gasteiger partial charge on any atom is -0.496 e. The van der Waals surface area contributed by atoms with Crippen molar-refractivity contribution in [1.29, 1.82) is 0 Å². The van der Waals surface area contributed by atoms with Crippen molar-refractivity contribution in [3.05, 3.63) is 65.7 Å². The van der Waals surface area contributed by atoms with Crippen molar-refractivity contribution in [2.45, 2.75) is 26.3 Å². The van der Waals surface area contributed by atoms with Gasteiger partial charge >= 0.3 is 0 Å². The van der Waals surface area contributed by atoms with Crippen LogP contribution >= 0.6 is 0 Å². The van der Waals surface area contributed by atoms with Gasteiger partial charge < -0.3 is 4.74 Å². The first-order valence-electron chi connectivity index (χ1n) is 7.68. The van der Waals surface area contributed by atoms with Crippen molar-refractivity contribution in [3.8, 4) is 5.75 Å². The number of para-hydroxylation sites is 1. The number of amides is 2. The molecule has 0 aliphatic carbocycles. The SMILES string of the molecule is COc1ccccc1C(=O)NN(C(=O)c1ccccc1)C(C)(C)C. The first-order valence-corrected chi connectivity index (χ1v) is 7.68. The number of hydrogen-bond acceptors (Lipinski definition) is 3. The maximum Gasteiger partial charge on any atom is 0.273 e. The fourth-order valence-corrected chi connectivity index (χ4v) is 2.23. The van der Waals surface area contributed by atoms with Gasteiger partial charge in [-0.1, -0.05) is 30.3 Å². The van der Waals surface area contributed by atoms with E-state index in [1.807, 2.05) is 26.8 Å². The molecule has 0 radical (unpaired) electrons. The lowest BCUT2D eigenvalue weighted by atomic mass is 10.1. The minimum absolute atomic E-state index is 0.272. The van der Waals surface area contributed by atoms with Gasteiger partial charge in [-0.3, -0.25) is 15.0 Å². The average molecular weight is 326 g/mol. The van der Waals surface area contributed by atoms with Gasteiger partial charge in [0.1, 0.15) is 5.75 Å². The number of carbonyl (C=O) groups excluding carboxylic acids is 2. The van der Waals surface area contributed by atoms with E-state index >= 15 is 0 Å². The highest BCUT2D eigenvalue weighted by Crippen LogP contribution is 2.19. The van der Waals surface area contributed by atoms with Crippen LogP contribution in [0.4, 0.5) is 0 Å². The number of hydrazine groups is 1. The summed E-state index contributed by atoms with van der Waals surface area (Å²) in [6.45, 7) is 5.57. The molecule has 0 saturated carbocycles. The van der Waals surface area contributed by atoms with Crippen LogP contribution in [0.1, 0.15) is 41.5 Å². The zero-order valence-corrected chi connectivity index (χ0v) is 14.4. The Balaban J connectivity index is 2.30. The molecule has 0 aromatic heterocycles. The molecule has 2 amide bonds. The van der Waals surface area contributed by atoms with Crippen LogP contribution in [0.3, 0.4) is 0 Å². The van der Waals surface area contributed by atoms with E-state index in [-0.39, 0.29) is 5.91 Å². The van der Waals surface area contributed by atoms with E-state index in [2.05, 4.69) is 5.43 Å². The van der Waals surface area contributed by atoms with Gasteiger partial charge in [0.05, 0.1) is 18.2 Å². The van der Waals surface area contributed by atoms with E-state index in [1.54, 1.807) is 48.5 Å². The molecule has 5 heteroatoms. The molecule has 126 valence electrons. The molecule has 0 saturated heterocycles. The van der Waals surface area contributed by atoms with Crippen LogP contribution in [-0.2, 0) is 0 Å². The Labute approximate surface area is 142 Å². The third-order valence-corrected chi connectivity index (χ3v) is 3.46. The Kier molecular flexibility index (Phi) is 5.24. The molecule has 0 spiro atoms. The quantitative estimate of drug-likeness (QED) is 0.881.